The topological polar surface area (TPSA) is 100 Å². The first-order chi connectivity index (χ1) is 22.2. The van der Waals surface area contributed by atoms with Gasteiger partial charge in [0.05, 0.1) is 6.26 Å². The van der Waals surface area contributed by atoms with Gasteiger partial charge in [0.25, 0.3) is 11.8 Å². The monoisotopic (exact) mass is 645 g/mol. The predicted octanol–water partition coefficient (Wildman–Crippen LogP) is 7.72. The molecule has 0 aliphatic heterocycles. The van der Waals surface area contributed by atoms with Gasteiger partial charge in [-0.3, -0.25) is 14.4 Å². The Labute approximate surface area is 264 Å². The zero-order chi connectivity index (χ0) is 32.6. The molecule has 0 fully saturated rings. The number of hydrogen-bond acceptors (Lipinski definition) is 5. The number of amides is 3. The summed E-state index contributed by atoms with van der Waals surface area (Å²) in [5, 5.41) is 6.18. The van der Waals surface area contributed by atoms with Gasteiger partial charge in [0.15, 0.2) is 23.3 Å². The lowest BCUT2D eigenvalue weighted by molar-refractivity contribution is -0.116. The molecule has 0 saturated carbocycles. The summed E-state index contributed by atoms with van der Waals surface area (Å²) in [5.74, 6) is -8.53. The van der Waals surface area contributed by atoms with E-state index in [0.717, 1.165) is 11.8 Å². The third-order valence-corrected chi connectivity index (χ3v) is 7.69. The first-order valence-electron chi connectivity index (χ1n) is 13.6. The molecule has 5 rings (SSSR count). The van der Waals surface area contributed by atoms with Gasteiger partial charge in [-0.1, -0.05) is 48.5 Å². The normalized spacial score (nSPS) is 11.9. The van der Waals surface area contributed by atoms with Crippen molar-refractivity contribution in [3.05, 3.63) is 155 Å². The van der Waals surface area contributed by atoms with Crippen LogP contribution in [0.2, 0.25) is 0 Å². The van der Waals surface area contributed by atoms with E-state index in [1.54, 1.807) is 97.1 Å². The summed E-state index contributed by atoms with van der Waals surface area (Å²) >= 11 is 0.994. The first-order valence-corrected chi connectivity index (χ1v) is 14.5. The maximum absolute atomic E-state index is 14.3. The van der Waals surface area contributed by atoms with Crippen LogP contribution in [-0.4, -0.2) is 17.7 Å². The Kier molecular flexibility index (Phi) is 9.98. The van der Waals surface area contributed by atoms with E-state index in [0.29, 0.717) is 27.5 Å². The molecular weight excluding hydrogens is 622 g/mol. The second kappa shape index (κ2) is 14.4. The highest BCUT2D eigenvalue weighted by atomic mass is 32.2. The average Bonchev–Trinajstić information content (AvgIpc) is 3.59. The number of furan rings is 1. The third kappa shape index (κ3) is 7.71. The third-order valence-electron chi connectivity index (χ3n) is 6.43. The maximum atomic E-state index is 14.3. The van der Waals surface area contributed by atoms with Crippen LogP contribution in [-0.2, 0) is 9.59 Å². The number of carbonyl (C=O) groups is 3. The van der Waals surface area contributed by atoms with E-state index in [4.69, 9.17) is 4.42 Å². The van der Waals surface area contributed by atoms with E-state index in [2.05, 4.69) is 10.6 Å². The van der Waals surface area contributed by atoms with Gasteiger partial charge in [-0.25, -0.2) is 17.6 Å². The van der Waals surface area contributed by atoms with Gasteiger partial charge in [0.1, 0.15) is 22.4 Å². The fraction of sp³-hybridized carbons (Fsp3) is 0.0294. The van der Waals surface area contributed by atoms with E-state index >= 15 is 0 Å². The van der Waals surface area contributed by atoms with E-state index < -0.39 is 51.9 Å². The van der Waals surface area contributed by atoms with Crippen molar-refractivity contribution >= 4 is 46.9 Å². The van der Waals surface area contributed by atoms with Crippen molar-refractivity contribution in [2.75, 3.05) is 10.6 Å². The van der Waals surface area contributed by atoms with Gasteiger partial charge in [-0.15, -0.1) is 11.8 Å². The molecule has 0 bridgehead atoms. The molecule has 0 radical (unpaired) electrons. The molecule has 7 nitrogen and oxygen atoms in total. The molecule has 1 aromatic heterocycles. The Morgan fingerprint density at radius 2 is 1.37 bits per heavy atom. The number of halogens is 4. The molecule has 0 aliphatic carbocycles. The summed E-state index contributed by atoms with van der Waals surface area (Å²) in [6.45, 7) is 0. The zero-order valence-electron chi connectivity index (χ0n) is 23.6. The van der Waals surface area contributed by atoms with E-state index in [9.17, 15) is 31.9 Å². The molecule has 1 unspecified atom stereocenters. The number of thioether (sulfide) groups is 1. The van der Waals surface area contributed by atoms with Gasteiger partial charge >= 0.3 is 0 Å². The number of hydrogen-bond donors (Lipinski definition) is 3. The quantitative estimate of drug-likeness (QED) is 0.0625. The number of carbonyl (C=O) groups excluding carboxylic acids is 3. The minimum atomic E-state index is -1.73. The minimum absolute atomic E-state index is 0.0526. The highest BCUT2D eigenvalue weighted by Crippen LogP contribution is 2.37. The molecular formula is C34H23F4N3O4S. The Morgan fingerprint density at radius 1 is 0.739 bits per heavy atom. The number of benzene rings is 4. The van der Waals surface area contributed by atoms with Crippen molar-refractivity contribution in [3.8, 4) is 0 Å². The molecule has 1 heterocycles. The molecule has 5 aromatic rings. The summed E-state index contributed by atoms with van der Waals surface area (Å²) in [7, 11) is 0. The van der Waals surface area contributed by atoms with Crippen molar-refractivity contribution in [2.24, 2.45) is 0 Å². The lowest BCUT2D eigenvalue weighted by Gasteiger charge is -2.18. The smallest absolute Gasteiger partial charge is 0.272 e. The maximum Gasteiger partial charge on any atom is 0.272 e. The molecule has 3 amide bonds. The highest BCUT2D eigenvalue weighted by molar-refractivity contribution is 8.00. The SMILES string of the molecule is O=C(Nc1ccc(SC(C(=O)Nc2c(F)c(F)cc(F)c2F)c2ccccc2)cc1)/C(=C/c1ccco1)NC(=O)c1ccccc1. The lowest BCUT2D eigenvalue weighted by Crippen LogP contribution is -2.30. The van der Waals surface area contributed by atoms with Crippen molar-refractivity contribution < 1.29 is 36.4 Å². The average molecular weight is 646 g/mol. The molecule has 0 spiro atoms. The standard InChI is InChI=1S/C34H23F4N3O4S/c35-25-19-26(36)29(38)30(28(25)37)41-34(44)31(20-8-3-1-4-9-20)46-24-15-13-22(14-16-24)39-33(43)27(18-23-12-7-17-45-23)40-32(42)21-10-5-2-6-11-21/h1-19,31H,(H,39,43)(H,40,42)(H,41,44)/b27-18-. The summed E-state index contributed by atoms with van der Waals surface area (Å²) in [5.41, 5.74) is -0.195. The second-order valence-corrected chi connectivity index (χ2v) is 10.8. The van der Waals surface area contributed by atoms with Crippen molar-refractivity contribution in [1.29, 1.82) is 0 Å². The Morgan fingerprint density at radius 3 is 1.98 bits per heavy atom. The van der Waals surface area contributed by atoms with Gasteiger partial charge in [-0.05, 0) is 54.1 Å². The minimum Gasteiger partial charge on any atom is -0.465 e. The highest BCUT2D eigenvalue weighted by Gasteiger charge is 2.27. The molecule has 3 N–H and O–H groups in total. The number of rotatable bonds is 10. The van der Waals surface area contributed by atoms with Crippen molar-refractivity contribution in [1.82, 2.24) is 5.32 Å². The molecule has 232 valence electrons. The molecule has 0 aliphatic rings. The lowest BCUT2D eigenvalue weighted by atomic mass is 10.1. The van der Waals surface area contributed by atoms with E-state index in [-0.39, 0.29) is 11.8 Å². The molecule has 46 heavy (non-hydrogen) atoms. The van der Waals surface area contributed by atoms with Crippen LogP contribution in [0.3, 0.4) is 0 Å². The van der Waals surface area contributed by atoms with Crippen LogP contribution in [0.5, 0.6) is 0 Å². The van der Waals surface area contributed by atoms with E-state index in [1.165, 1.54) is 12.3 Å². The van der Waals surface area contributed by atoms with Crippen LogP contribution >= 0.6 is 11.8 Å². The van der Waals surface area contributed by atoms with Gasteiger partial charge in [0, 0.05) is 28.3 Å². The fourth-order valence-corrected chi connectivity index (χ4v) is 5.21. The molecule has 4 aromatic carbocycles. The van der Waals surface area contributed by atoms with E-state index in [1.807, 2.05) is 5.32 Å². The van der Waals surface area contributed by atoms with Crippen LogP contribution in [0.15, 0.2) is 124 Å². The Hall–Kier alpha value is -5.62. The van der Waals surface area contributed by atoms with Crippen LogP contribution in [0.1, 0.15) is 26.9 Å². The van der Waals surface area contributed by atoms with Crippen LogP contribution in [0.4, 0.5) is 28.9 Å². The largest absolute Gasteiger partial charge is 0.465 e. The van der Waals surface area contributed by atoms with Crippen LogP contribution in [0.25, 0.3) is 6.08 Å². The fourth-order valence-electron chi connectivity index (χ4n) is 4.18. The zero-order valence-corrected chi connectivity index (χ0v) is 24.4. The number of anilines is 2. The van der Waals surface area contributed by atoms with Crippen LogP contribution < -0.4 is 16.0 Å². The van der Waals surface area contributed by atoms with Gasteiger partial charge < -0.3 is 20.4 Å². The van der Waals surface area contributed by atoms with Gasteiger partial charge in [0.2, 0.25) is 5.91 Å². The summed E-state index contributed by atoms with van der Waals surface area (Å²) in [6.07, 6.45) is 2.79. The first kappa shape index (κ1) is 31.8. The Balaban J connectivity index is 1.33. The predicted molar refractivity (Wildman–Crippen MR) is 166 cm³/mol. The molecule has 12 heteroatoms. The van der Waals surface area contributed by atoms with Gasteiger partial charge in [-0.2, -0.15) is 0 Å². The summed E-state index contributed by atoms with van der Waals surface area (Å²) < 4.78 is 61.4. The summed E-state index contributed by atoms with van der Waals surface area (Å²) in [4.78, 5) is 39.7. The second-order valence-electron chi connectivity index (χ2n) is 9.61. The number of nitrogens with one attached hydrogen (secondary N) is 3. The molecule has 1 atom stereocenters. The van der Waals surface area contributed by atoms with Crippen molar-refractivity contribution in [2.45, 2.75) is 10.1 Å². The Bertz CT molecular complexity index is 1860. The van der Waals surface area contributed by atoms with Crippen molar-refractivity contribution in [3.63, 3.8) is 0 Å². The summed E-state index contributed by atoms with van der Waals surface area (Å²) in [6, 6.07) is 26.1. The van der Waals surface area contributed by atoms with Crippen LogP contribution in [0, 0.1) is 23.3 Å². The molecule has 0 saturated heterocycles.